The van der Waals surface area contributed by atoms with E-state index in [2.05, 4.69) is 15.4 Å². The van der Waals surface area contributed by atoms with Gasteiger partial charge in [-0.05, 0) is 45.0 Å². The maximum absolute atomic E-state index is 14.2. The molecule has 0 spiro atoms. The first-order valence-corrected chi connectivity index (χ1v) is 10.5. The van der Waals surface area contributed by atoms with Gasteiger partial charge in [-0.15, -0.1) is 0 Å². The van der Waals surface area contributed by atoms with E-state index in [1.54, 1.807) is 25.6 Å². The Balaban J connectivity index is 1.49. The third-order valence-electron chi connectivity index (χ3n) is 5.90. The van der Waals surface area contributed by atoms with E-state index in [-0.39, 0.29) is 17.1 Å². The van der Waals surface area contributed by atoms with E-state index < -0.39 is 17.7 Å². The van der Waals surface area contributed by atoms with Crippen LogP contribution in [0.25, 0.3) is 22.1 Å². The molecule has 4 heterocycles. The van der Waals surface area contributed by atoms with Gasteiger partial charge in [0.05, 0.1) is 23.2 Å². The zero-order chi connectivity index (χ0) is 22.2. The molecule has 3 N–H and O–H groups in total. The van der Waals surface area contributed by atoms with Gasteiger partial charge in [0.2, 0.25) is 5.75 Å². The highest BCUT2D eigenvalue weighted by atomic mass is 19.1. The molecule has 0 radical (unpaired) electrons. The Morgan fingerprint density at radius 1 is 1.22 bits per heavy atom. The van der Waals surface area contributed by atoms with Crippen molar-refractivity contribution in [2.75, 3.05) is 18.8 Å². The number of anilines is 1. The van der Waals surface area contributed by atoms with Gasteiger partial charge in [0.15, 0.2) is 11.4 Å². The van der Waals surface area contributed by atoms with E-state index in [0.717, 1.165) is 37.1 Å². The number of hydrogen-bond acceptors (Lipinski definition) is 6. The molecule has 5 rings (SSSR count). The normalized spacial score (nSPS) is 15.8. The van der Waals surface area contributed by atoms with Crippen LogP contribution in [-0.2, 0) is 0 Å². The number of furan rings is 1. The van der Waals surface area contributed by atoms with Gasteiger partial charge >= 0.3 is 0 Å². The smallest absolute Gasteiger partial charge is 0.205 e. The van der Waals surface area contributed by atoms with Gasteiger partial charge in [0, 0.05) is 23.5 Å². The number of nitrogens with one attached hydrogen (secondary N) is 1. The summed E-state index contributed by atoms with van der Waals surface area (Å²) in [5, 5.41) is 8.57. The van der Waals surface area contributed by atoms with E-state index in [4.69, 9.17) is 14.9 Å². The van der Waals surface area contributed by atoms with Crippen LogP contribution in [0.3, 0.4) is 0 Å². The molecular formula is C23H23F2N5O2. The third kappa shape index (κ3) is 3.58. The first kappa shape index (κ1) is 20.4. The Bertz CT molecular complexity index is 1240. The molecule has 1 unspecified atom stereocenters. The Morgan fingerprint density at radius 2 is 1.97 bits per heavy atom. The summed E-state index contributed by atoms with van der Waals surface area (Å²) in [5.74, 6) is -1.16. The Hall–Kier alpha value is -3.46. The van der Waals surface area contributed by atoms with Crippen molar-refractivity contribution in [1.29, 1.82) is 0 Å². The second-order valence-corrected chi connectivity index (χ2v) is 7.95. The van der Waals surface area contributed by atoms with Gasteiger partial charge in [-0.2, -0.15) is 5.10 Å². The molecule has 4 aromatic rings. The van der Waals surface area contributed by atoms with Crippen LogP contribution in [-0.4, -0.2) is 27.9 Å². The minimum absolute atomic E-state index is 0.0763. The molecular weight excluding hydrogens is 416 g/mol. The summed E-state index contributed by atoms with van der Waals surface area (Å²) in [6.45, 7) is 3.49. The summed E-state index contributed by atoms with van der Waals surface area (Å²) in [7, 11) is 0. The van der Waals surface area contributed by atoms with E-state index in [1.807, 2.05) is 10.9 Å². The van der Waals surface area contributed by atoms with Gasteiger partial charge in [-0.25, -0.2) is 13.8 Å². The molecule has 1 aliphatic rings. The number of pyridine rings is 1. The third-order valence-corrected chi connectivity index (χ3v) is 5.90. The highest BCUT2D eigenvalue weighted by Gasteiger charge is 2.23. The number of nitrogen functional groups attached to an aromatic ring is 1. The maximum Gasteiger partial charge on any atom is 0.205 e. The minimum Gasteiger partial charge on any atom is -0.478 e. The van der Waals surface area contributed by atoms with E-state index in [1.165, 1.54) is 18.2 Å². The highest BCUT2D eigenvalue weighted by molar-refractivity contribution is 5.97. The molecule has 32 heavy (non-hydrogen) atoms. The molecule has 9 heteroatoms. The van der Waals surface area contributed by atoms with Gasteiger partial charge in [-0.1, -0.05) is 6.07 Å². The average Bonchev–Trinajstić information content (AvgIpc) is 3.43. The number of halogens is 2. The van der Waals surface area contributed by atoms with Gasteiger partial charge in [0.25, 0.3) is 0 Å². The molecule has 3 aromatic heterocycles. The molecule has 0 amide bonds. The summed E-state index contributed by atoms with van der Waals surface area (Å²) in [6, 6.07) is 4.03. The fourth-order valence-corrected chi connectivity index (χ4v) is 4.20. The van der Waals surface area contributed by atoms with Gasteiger partial charge in [-0.3, -0.25) is 4.68 Å². The minimum atomic E-state index is -0.942. The zero-order valence-electron chi connectivity index (χ0n) is 17.5. The number of ether oxygens (including phenoxy) is 1. The van der Waals surface area contributed by atoms with Gasteiger partial charge < -0.3 is 20.2 Å². The van der Waals surface area contributed by atoms with Crippen LogP contribution in [0.5, 0.6) is 5.75 Å². The van der Waals surface area contributed by atoms with E-state index in [0.29, 0.717) is 17.0 Å². The predicted molar refractivity (Wildman–Crippen MR) is 116 cm³/mol. The lowest BCUT2D eigenvalue weighted by Crippen LogP contribution is -2.29. The molecule has 1 fully saturated rings. The standard InChI is InChI=1S/C23H23F2N5O2/c1-13(20-18(24)3-2-4-19(20)25)32-22-21-16(10-28-23(22)26)17(12-31-21)14-9-29-30(11-14)15-5-7-27-8-6-15/h2-4,9-13,15,27H,5-8H2,1H3,(H2,26,28). The largest absolute Gasteiger partial charge is 0.478 e. The van der Waals surface area contributed by atoms with Crippen molar-refractivity contribution in [3.8, 4) is 16.9 Å². The molecule has 166 valence electrons. The monoisotopic (exact) mass is 439 g/mol. The number of rotatable bonds is 5. The Labute approximate surface area is 183 Å². The van der Waals surface area contributed by atoms with Crippen LogP contribution in [0.4, 0.5) is 14.6 Å². The molecule has 7 nitrogen and oxygen atoms in total. The van der Waals surface area contributed by atoms with Crippen molar-refractivity contribution in [2.24, 2.45) is 0 Å². The Morgan fingerprint density at radius 3 is 2.72 bits per heavy atom. The summed E-state index contributed by atoms with van der Waals surface area (Å²) in [5.41, 5.74) is 7.89. The van der Waals surface area contributed by atoms with E-state index >= 15 is 0 Å². The summed E-state index contributed by atoms with van der Waals surface area (Å²) >= 11 is 0. The Kier molecular flexibility index (Phi) is 5.26. The number of benzene rings is 1. The van der Waals surface area contributed by atoms with Crippen molar-refractivity contribution in [2.45, 2.75) is 31.9 Å². The number of nitrogens with two attached hydrogens (primary N) is 1. The number of fused-ring (bicyclic) bond motifs is 1. The number of piperidine rings is 1. The molecule has 1 saturated heterocycles. The topological polar surface area (TPSA) is 91.1 Å². The second-order valence-electron chi connectivity index (χ2n) is 7.95. The van der Waals surface area contributed by atoms with Crippen molar-refractivity contribution < 1.29 is 17.9 Å². The highest BCUT2D eigenvalue weighted by Crippen LogP contribution is 2.40. The van der Waals surface area contributed by atoms with Crippen LogP contribution in [0.15, 0.2) is 47.5 Å². The number of nitrogens with zero attached hydrogens (tertiary/aromatic N) is 3. The number of hydrogen-bond donors (Lipinski definition) is 2. The lowest BCUT2D eigenvalue weighted by atomic mass is 10.1. The maximum atomic E-state index is 14.2. The molecule has 1 atom stereocenters. The van der Waals surface area contributed by atoms with Crippen LogP contribution in [0.2, 0.25) is 0 Å². The van der Waals surface area contributed by atoms with Crippen LogP contribution in [0, 0.1) is 11.6 Å². The predicted octanol–water partition coefficient (Wildman–Crippen LogP) is 4.62. The van der Waals surface area contributed by atoms with Crippen LogP contribution in [0.1, 0.15) is 37.5 Å². The number of aromatic nitrogens is 3. The van der Waals surface area contributed by atoms with Crippen molar-refractivity contribution in [3.63, 3.8) is 0 Å². The summed E-state index contributed by atoms with van der Waals surface area (Å²) < 4.78 is 42.0. The van der Waals surface area contributed by atoms with Crippen molar-refractivity contribution >= 4 is 16.8 Å². The van der Waals surface area contributed by atoms with Crippen molar-refractivity contribution in [1.82, 2.24) is 20.1 Å². The van der Waals surface area contributed by atoms with Crippen LogP contribution >= 0.6 is 0 Å². The van der Waals surface area contributed by atoms with Gasteiger partial charge in [0.1, 0.15) is 24.0 Å². The molecule has 1 aliphatic heterocycles. The molecule has 0 bridgehead atoms. The SMILES string of the molecule is CC(Oc1c(N)ncc2c(-c3cnn(C4CCNCC4)c3)coc12)c1c(F)cccc1F. The lowest BCUT2D eigenvalue weighted by Gasteiger charge is -2.22. The fourth-order valence-electron chi connectivity index (χ4n) is 4.20. The van der Waals surface area contributed by atoms with E-state index in [9.17, 15) is 8.78 Å². The quantitative estimate of drug-likeness (QED) is 0.472. The second kappa shape index (κ2) is 8.23. The molecule has 0 saturated carbocycles. The van der Waals surface area contributed by atoms with Crippen molar-refractivity contribution in [3.05, 3.63) is 60.3 Å². The summed E-state index contributed by atoms with van der Waals surface area (Å²) in [6.07, 6.45) is 8.09. The first-order chi connectivity index (χ1) is 15.5. The first-order valence-electron chi connectivity index (χ1n) is 10.5. The zero-order valence-corrected chi connectivity index (χ0v) is 17.5. The fraction of sp³-hybridized carbons (Fsp3) is 0.304. The summed E-state index contributed by atoms with van der Waals surface area (Å²) in [4.78, 5) is 4.22. The van der Waals surface area contributed by atoms with Crippen LogP contribution < -0.4 is 15.8 Å². The molecule has 1 aromatic carbocycles. The lowest BCUT2D eigenvalue weighted by molar-refractivity contribution is 0.216. The average molecular weight is 439 g/mol. The molecule has 0 aliphatic carbocycles.